The standard InChI is InChI=1S/C20H23ClN4O4S/c1-23-7-8-24(13-20(23)26)11-16-12-25(18-10-15(22)5-6-19(18)29-16)30(27,28)17-4-2-3-14(21)9-17/h2-6,9-10,16H,7-8,11-13,22H2,1H3/t16-/m0/s1. The Morgan fingerprint density at radius 1 is 1.20 bits per heavy atom. The summed E-state index contributed by atoms with van der Waals surface area (Å²) in [5.74, 6) is 0.472. The summed E-state index contributed by atoms with van der Waals surface area (Å²) < 4.78 is 34.3. The van der Waals surface area contributed by atoms with Gasteiger partial charge in [-0.1, -0.05) is 17.7 Å². The number of piperazine rings is 1. The lowest BCUT2D eigenvalue weighted by molar-refractivity contribution is -0.134. The Bertz CT molecular complexity index is 1080. The van der Waals surface area contributed by atoms with Gasteiger partial charge in [0.25, 0.3) is 10.0 Å². The second kappa shape index (κ2) is 7.98. The first-order chi connectivity index (χ1) is 14.2. The van der Waals surface area contributed by atoms with Crippen molar-refractivity contribution in [1.82, 2.24) is 9.80 Å². The molecule has 0 aliphatic carbocycles. The number of amides is 1. The zero-order valence-corrected chi connectivity index (χ0v) is 18.1. The van der Waals surface area contributed by atoms with E-state index in [4.69, 9.17) is 22.1 Å². The minimum absolute atomic E-state index is 0.0358. The third kappa shape index (κ3) is 4.05. The summed E-state index contributed by atoms with van der Waals surface area (Å²) in [7, 11) is -2.11. The van der Waals surface area contributed by atoms with Crippen LogP contribution in [-0.4, -0.2) is 70.0 Å². The molecular formula is C20H23ClN4O4S. The highest BCUT2D eigenvalue weighted by Crippen LogP contribution is 2.38. The van der Waals surface area contributed by atoms with Crippen LogP contribution in [0.4, 0.5) is 11.4 Å². The first-order valence-electron chi connectivity index (χ1n) is 9.55. The predicted molar refractivity (Wildman–Crippen MR) is 115 cm³/mol. The van der Waals surface area contributed by atoms with Crippen LogP contribution in [0.5, 0.6) is 5.75 Å². The third-order valence-corrected chi connectivity index (χ3v) is 7.31. The maximum absolute atomic E-state index is 13.4. The van der Waals surface area contributed by atoms with Crippen molar-refractivity contribution in [2.45, 2.75) is 11.0 Å². The number of rotatable bonds is 4. The summed E-state index contributed by atoms with van der Waals surface area (Å²) in [6.07, 6.45) is -0.439. The van der Waals surface area contributed by atoms with Crippen LogP contribution in [-0.2, 0) is 14.8 Å². The maximum atomic E-state index is 13.4. The number of hydrogen-bond donors (Lipinski definition) is 1. The lowest BCUT2D eigenvalue weighted by Crippen LogP contribution is -2.54. The van der Waals surface area contributed by atoms with E-state index in [2.05, 4.69) is 0 Å². The van der Waals surface area contributed by atoms with Gasteiger partial charge in [-0.25, -0.2) is 8.42 Å². The molecular weight excluding hydrogens is 428 g/mol. The Kier molecular flexibility index (Phi) is 5.52. The fourth-order valence-electron chi connectivity index (χ4n) is 3.66. The van der Waals surface area contributed by atoms with Crippen molar-refractivity contribution >= 4 is 38.9 Å². The van der Waals surface area contributed by atoms with Crippen LogP contribution in [0.2, 0.25) is 5.02 Å². The highest BCUT2D eigenvalue weighted by Gasteiger charge is 2.36. The molecule has 0 unspecified atom stereocenters. The van der Waals surface area contributed by atoms with Crippen molar-refractivity contribution in [1.29, 1.82) is 0 Å². The van der Waals surface area contributed by atoms with Crippen molar-refractivity contribution in [3.05, 3.63) is 47.5 Å². The van der Waals surface area contributed by atoms with E-state index in [1.54, 1.807) is 42.3 Å². The van der Waals surface area contributed by atoms with Crippen molar-refractivity contribution in [2.75, 3.05) is 49.8 Å². The van der Waals surface area contributed by atoms with Gasteiger partial charge < -0.3 is 15.4 Å². The van der Waals surface area contributed by atoms with Crippen molar-refractivity contribution < 1.29 is 17.9 Å². The van der Waals surface area contributed by atoms with Gasteiger partial charge in [0.15, 0.2) is 0 Å². The number of fused-ring (bicyclic) bond motifs is 1. The molecule has 1 atom stereocenters. The highest BCUT2D eigenvalue weighted by atomic mass is 35.5. The number of ether oxygens (including phenoxy) is 1. The Hall–Kier alpha value is -2.49. The number of nitrogens with two attached hydrogens (primary N) is 1. The molecule has 0 radical (unpaired) electrons. The number of sulfonamides is 1. The molecule has 10 heteroatoms. The Morgan fingerprint density at radius 3 is 2.73 bits per heavy atom. The number of likely N-dealkylation sites (N-methyl/N-ethyl adjacent to an activating group) is 1. The van der Waals surface area contributed by atoms with Gasteiger partial charge >= 0.3 is 0 Å². The molecule has 1 amide bonds. The number of hydrogen-bond acceptors (Lipinski definition) is 6. The molecule has 2 heterocycles. The van der Waals surface area contributed by atoms with Crippen molar-refractivity contribution in [3.63, 3.8) is 0 Å². The molecule has 8 nitrogen and oxygen atoms in total. The molecule has 2 aliphatic rings. The van der Waals surface area contributed by atoms with Gasteiger partial charge in [0.2, 0.25) is 5.91 Å². The van der Waals surface area contributed by atoms with E-state index < -0.39 is 16.1 Å². The van der Waals surface area contributed by atoms with Crippen LogP contribution in [0.15, 0.2) is 47.4 Å². The van der Waals surface area contributed by atoms with E-state index in [0.717, 1.165) is 0 Å². The first-order valence-corrected chi connectivity index (χ1v) is 11.4. The molecule has 0 bridgehead atoms. The van der Waals surface area contributed by atoms with Gasteiger partial charge in [-0.2, -0.15) is 0 Å². The van der Waals surface area contributed by atoms with Gasteiger partial charge in [-0.3, -0.25) is 14.0 Å². The zero-order chi connectivity index (χ0) is 21.5. The number of anilines is 2. The van der Waals surface area contributed by atoms with Crippen LogP contribution in [0.25, 0.3) is 0 Å². The van der Waals surface area contributed by atoms with Crippen molar-refractivity contribution in [3.8, 4) is 5.75 Å². The molecule has 0 saturated carbocycles. The summed E-state index contributed by atoms with van der Waals surface area (Å²) >= 11 is 6.03. The quantitative estimate of drug-likeness (QED) is 0.711. The highest BCUT2D eigenvalue weighted by molar-refractivity contribution is 7.92. The van der Waals surface area contributed by atoms with Crippen LogP contribution in [0.3, 0.4) is 0 Å². The number of carbonyl (C=O) groups excluding carboxylic acids is 1. The predicted octanol–water partition coefficient (Wildman–Crippen LogP) is 1.65. The van der Waals surface area contributed by atoms with Gasteiger partial charge in [0, 0.05) is 37.4 Å². The number of benzene rings is 2. The third-order valence-electron chi connectivity index (χ3n) is 5.30. The fourth-order valence-corrected chi connectivity index (χ4v) is 5.46. The second-order valence-electron chi connectivity index (χ2n) is 7.51. The number of nitrogens with zero attached hydrogens (tertiary/aromatic N) is 3. The molecule has 0 aromatic heterocycles. The molecule has 160 valence electrons. The monoisotopic (exact) mass is 450 g/mol. The van der Waals surface area contributed by atoms with Crippen LogP contribution in [0.1, 0.15) is 0 Å². The molecule has 4 rings (SSSR count). The summed E-state index contributed by atoms with van der Waals surface area (Å²) in [4.78, 5) is 15.8. The molecule has 30 heavy (non-hydrogen) atoms. The molecule has 0 spiro atoms. The van der Waals surface area contributed by atoms with E-state index in [1.165, 1.54) is 16.4 Å². The topological polar surface area (TPSA) is 96.2 Å². The molecule has 1 saturated heterocycles. The summed E-state index contributed by atoms with van der Waals surface area (Å²) in [5, 5.41) is 0.338. The Balaban J connectivity index is 1.65. The largest absolute Gasteiger partial charge is 0.485 e. The van der Waals surface area contributed by atoms with Crippen LogP contribution < -0.4 is 14.8 Å². The average molecular weight is 451 g/mol. The second-order valence-corrected chi connectivity index (χ2v) is 9.81. The van der Waals surface area contributed by atoms with Crippen LogP contribution >= 0.6 is 11.6 Å². The van der Waals surface area contributed by atoms with Gasteiger partial charge in [0.05, 0.1) is 23.7 Å². The van der Waals surface area contributed by atoms with E-state index in [1.807, 2.05) is 4.90 Å². The lowest BCUT2D eigenvalue weighted by atomic mass is 10.2. The minimum Gasteiger partial charge on any atom is -0.485 e. The summed E-state index contributed by atoms with van der Waals surface area (Å²) in [6.45, 7) is 2.16. The number of halogens is 1. The molecule has 2 aromatic rings. The van der Waals surface area contributed by atoms with Gasteiger partial charge in [-0.05, 0) is 36.4 Å². The van der Waals surface area contributed by atoms with E-state index in [0.29, 0.717) is 41.8 Å². The molecule has 2 aromatic carbocycles. The first kappa shape index (κ1) is 20.8. The minimum atomic E-state index is -3.89. The van der Waals surface area contributed by atoms with Gasteiger partial charge in [-0.15, -0.1) is 0 Å². The van der Waals surface area contributed by atoms with E-state index >= 15 is 0 Å². The normalized spacial score (nSPS) is 20.1. The molecule has 1 fully saturated rings. The Morgan fingerprint density at radius 2 is 2.00 bits per heavy atom. The summed E-state index contributed by atoms with van der Waals surface area (Å²) in [5.41, 5.74) is 6.74. The smallest absolute Gasteiger partial charge is 0.264 e. The van der Waals surface area contributed by atoms with Crippen LogP contribution in [0, 0.1) is 0 Å². The van der Waals surface area contributed by atoms with E-state index in [-0.39, 0.29) is 23.9 Å². The van der Waals surface area contributed by atoms with Gasteiger partial charge in [0.1, 0.15) is 11.9 Å². The van der Waals surface area contributed by atoms with Crippen molar-refractivity contribution in [2.24, 2.45) is 0 Å². The van der Waals surface area contributed by atoms with E-state index in [9.17, 15) is 13.2 Å². The zero-order valence-electron chi connectivity index (χ0n) is 16.5. The molecule has 2 N–H and O–H groups in total. The lowest BCUT2D eigenvalue weighted by Gasteiger charge is -2.39. The number of carbonyl (C=O) groups is 1. The maximum Gasteiger partial charge on any atom is 0.264 e. The SMILES string of the molecule is CN1CCN(C[C@H]2CN(S(=O)(=O)c3cccc(Cl)c3)c3cc(N)ccc3O2)CC1=O. The Labute approximate surface area is 180 Å². The fraction of sp³-hybridized carbons (Fsp3) is 0.350. The number of nitrogen functional groups attached to an aromatic ring is 1. The average Bonchev–Trinajstić information content (AvgIpc) is 2.70. The molecule has 2 aliphatic heterocycles. The summed E-state index contributed by atoms with van der Waals surface area (Å²) in [6, 6.07) is 11.1.